The van der Waals surface area contributed by atoms with Crippen LogP contribution in [0.1, 0.15) is 79.6 Å². The Hall–Kier alpha value is -0.120. The first-order valence-electron chi connectivity index (χ1n) is 11.7. The van der Waals surface area contributed by atoms with Crippen LogP contribution >= 0.6 is 0 Å². The third kappa shape index (κ3) is 2.63. The van der Waals surface area contributed by atoms with Crippen LogP contribution in [-0.2, 0) is 14.2 Å². The molecule has 6 aliphatic rings. The Morgan fingerprint density at radius 1 is 0.667 bits per heavy atom. The van der Waals surface area contributed by atoms with Gasteiger partial charge in [0.15, 0.2) is 0 Å². The highest BCUT2D eigenvalue weighted by atomic mass is 16.6. The second-order valence-electron chi connectivity index (χ2n) is 12.1. The molecule has 6 fully saturated rings. The van der Waals surface area contributed by atoms with E-state index in [0.717, 1.165) is 35.5 Å². The Morgan fingerprint density at radius 2 is 1.19 bits per heavy atom. The van der Waals surface area contributed by atoms with Gasteiger partial charge in [-0.05, 0) is 101 Å². The molecule has 11 unspecified atom stereocenters. The quantitative estimate of drug-likeness (QED) is 0.655. The minimum atomic E-state index is 0.181. The van der Waals surface area contributed by atoms with Crippen LogP contribution in [0.25, 0.3) is 0 Å². The zero-order valence-corrected chi connectivity index (χ0v) is 17.9. The third-order valence-corrected chi connectivity index (χ3v) is 9.73. The largest absolute Gasteiger partial charge is 0.366 e. The zero-order valence-electron chi connectivity index (χ0n) is 17.9. The van der Waals surface area contributed by atoms with Gasteiger partial charge in [-0.3, -0.25) is 0 Å². The average Bonchev–Trinajstić information content (AvgIpc) is 3.47. The molecule has 0 radical (unpaired) electrons. The molecule has 152 valence electrons. The van der Waals surface area contributed by atoms with Gasteiger partial charge in [0.2, 0.25) is 0 Å². The lowest BCUT2D eigenvalue weighted by atomic mass is 9.57. The molecular formula is C24H38O3. The Kier molecular flexibility index (Phi) is 3.49. The van der Waals surface area contributed by atoms with E-state index in [9.17, 15) is 0 Å². The number of epoxide rings is 3. The molecule has 27 heavy (non-hydrogen) atoms. The monoisotopic (exact) mass is 374 g/mol. The molecule has 3 saturated carbocycles. The molecule has 3 heterocycles. The van der Waals surface area contributed by atoms with E-state index < -0.39 is 0 Å². The van der Waals surface area contributed by atoms with Crippen molar-refractivity contribution in [3.8, 4) is 0 Å². The van der Waals surface area contributed by atoms with Crippen LogP contribution < -0.4 is 0 Å². The van der Waals surface area contributed by atoms with Crippen molar-refractivity contribution in [1.82, 2.24) is 0 Å². The van der Waals surface area contributed by atoms with Crippen LogP contribution in [0, 0.1) is 35.5 Å². The minimum Gasteiger partial charge on any atom is -0.366 e. The standard InChI is InChI=1S/C24H38O3/c1-13-8-16(11-23(4)20(13)26-23)19(15-6-7-18-22(3,10-15)25-18)17-9-14(2)21-24(5,12-17)27-21/h13-21H,6-12H2,1-5H3. The lowest BCUT2D eigenvalue weighted by molar-refractivity contribution is 0.0391. The van der Waals surface area contributed by atoms with Crippen molar-refractivity contribution in [3.05, 3.63) is 0 Å². The van der Waals surface area contributed by atoms with E-state index in [2.05, 4.69) is 34.6 Å². The maximum atomic E-state index is 6.20. The SMILES string of the molecule is CC1CC(C(C2CCC3OC3(C)C2)C2CC(C)C3OC3(C)C2)CC2(C)OC12. The molecule has 0 aromatic rings. The second kappa shape index (κ2) is 5.32. The van der Waals surface area contributed by atoms with E-state index in [1.807, 2.05) is 0 Å². The van der Waals surface area contributed by atoms with Gasteiger partial charge in [-0.1, -0.05) is 13.8 Å². The molecule has 0 N–H and O–H groups in total. The van der Waals surface area contributed by atoms with Crippen molar-refractivity contribution in [2.75, 3.05) is 0 Å². The van der Waals surface area contributed by atoms with E-state index in [1.165, 1.54) is 44.9 Å². The molecule has 0 aromatic carbocycles. The average molecular weight is 375 g/mol. The van der Waals surface area contributed by atoms with Crippen molar-refractivity contribution in [2.45, 2.75) is 115 Å². The fourth-order valence-electron chi connectivity index (χ4n) is 8.58. The predicted octanol–water partition coefficient (Wildman–Crippen LogP) is 4.97. The van der Waals surface area contributed by atoms with Crippen molar-refractivity contribution >= 4 is 0 Å². The maximum Gasteiger partial charge on any atom is 0.0926 e. The van der Waals surface area contributed by atoms with Gasteiger partial charge in [-0.2, -0.15) is 0 Å². The lowest BCUT2D eigenvalue weighted by Crippen LogP contribution is -2.44. The summed E-state index contributed by atoms with van der Waals surface area (Å²) in [6.07, 6.45) is 10.9. The molecule has 0 amide bonds. The van der Waals surface area contributed by atoms with Crippen molar-refractivity contribution in [1.29, 1.82) is 0 Å². The van der Waals surface area contributed by atoms with Gasteiger partial charge in [0.05, 0.1) is 35.1 Å². The number of ether oxygens (including phenoxy) is 3. The molecular weight excluding hydrogens is 336 g/mol. The number of fused-ring (bicyclic) bond motifs is 3. The van der Waals surface area contributed by atoms with E-state index in [-0.39, 0.29) is 16.8 Å². The molecule has 0 bridgehead atoms. The topological polar surface area (TPSA) is 37.6 Å². The number of hydrogen-bond donors (Lipinski definition) is 0. The summed E-state index contributed by atoms with van der Waals surface area (Å²) in [7, 11) is 0. The molecule has 3 heteroatoms. The summed E-state index contributed by atoms with van der Waals surface area (Å²) < 4.78 is 18.5. The molecule has 3 saturated heterocycles. The van der Waals surface area contributed by atoms with Crippen molar-refractivity contribution in [2.24, 2.45) is 35.5 Å². The first-order chi connectivity index (χ1) is 12.7. The summed E-state index contributed by atoms with van der Waals surface area (Å²) in [5.74, 6) is 4.76. The van der Waals surface area contributed by atoms with Crippen molar-refractivity contribution in [3.63, 3.8) is 0 Å². The molecule has 3 nitrogen and oxygen atoms in total. The first-order valence-corrected chi connectivity index (χ1v) is 11.7. The first kappa shape index (κ1) is 17.7. The molecule has 3 aliphatic heterocycles. The third-order valence-electron chi connectivity index (χ3n) is 9.73. The Labute approximate surface area is 164 Å². The Balaban J connectivity index is 1.29. The predicted molar refractivity (Wildman–Crippen MR) is 104 cm³/mol. The summed E-state index contributed by atoms with van der Waals surface area (Å²) in [4.78, 5) is 0. The maximum absolute atomic E-state index is 6.20. The van der Waals surface area contributed by atoms with Crippen LogP contribution in [0.4, 0.5) is 0 Å². The van der Waals surface area contributed by atoms with Crippen LogP contribution in [-0.4, -0.2) is 35.1 Å². The van der Waals surface area contributed by atoms with E-state index in [1.54, 1.807) is 0 Å². The highest BCUT2D eigenvalue weighted by Crippen LogP contribution is 2.62. The van der Waals surface area contributed by atoms with Gasteiger partial charge >= 0.3 is 0 Å². The molecule has 0 aromatic heterocycles. The summed E-state index contributed by atoms with van der Waals surface area (Å²) in [5, 5.41) is 0. The smallest absolute Gasteiger partial charge is 0.0926 e. The number of rotatable bonds is 3. The van der Waals surface area contributed by atoms with Crippen LogP contribution in [0.3, 0.4) is 0 Å². The highest BCUT2D eigenvalue weighted by Gasteiger charge is 2.65. The zero-order chi connectivity index (χ0) is 18.8. The fraction of sp³-hybridized carbons (Fsp3) is 1.00. The molecule has 6 rings (SSSR count). The van der Waals surface area contributed by atoms with Gasteiger partial charge in [0.1, 0.15) is 0 Å². The van der Waals surface area contributed by atoms with E-state index >= 15 is 0 Å². The minimum absolute atomic E-state index is 0.181. The molecule has 3 aliphatic carbocycles. The summed E-state index contributed by atoms with van der Waals surface area (Å²) in [5.41, 5.74) is 0.563. The van der Waals surface area contributed by atoms with E-state index in [0.29, 0.717) is 18.3 Å². The molecule has 11 atom stereocenters. The summed E-state index contributed by atoms with van der Waals surface area (Å²) in [6.45, 7) is 12.0. The van der Waals surface area contributed by atoms with Crippen LogP contribution in [0.5, 0.6) is 0 Å². The van der Waals surface area contributed by atoms with Gasteiger partial charge < -0.3 is 14.2 Å². The summed E-state index contributed by atoms with van der Waals surface area (Å²) in [6, 6.07) is 0. The van der Waals surface area contributed by atoms with Gasteiger partial charge in [-0.25, -0.2) is 0 Å². The lowest BCUT2D eigenvalue weighted by Gasteiger charge is -2.46. The van der Waals surface area contributed by atoms with Gasteiger partial charge in [0.25, 0.3) is 0 Å². The second-order valence-corrected chi connectivity index (χ2v) is 12.1. The molecule has 0 spiro atoms. The Morgan fingerprint density at radius 3 is 1.67 bits per heavy atom. The van der Waals surface area contributed by atoms with Crippen LogP contribution in [0.2, 0.25) is 0 Å². The van der Waals surface area contributed by atoms with Crippen molar-refractivity contribution < 1.29 is 14.2 Å². The van der Waals surface area contributed by atoms with Gasteiger partial charge in [0, 0.05) is 0 Å². The Bertz CT molecular complexity index is 612. The number of hydrogen-bond acceptors (Lipinski definition) is 3. The fourth-order valence-corrected chi connectivity index (χ4v) is 8.58. The van der Waals surface area contributed by atoms with Gasteiger partial charge in [-0.15, -0.1) is 0 Å². The normalized spacial score (nSPS) is 64.8. The summed E-state index contributed by atoms with van der Waals surface area (Å²) >= 11 is 0. The van der Waals surface area contributed by atoms with E-state index in [4.69, 9.17) is 14.2 Å². The van der Waals surface area contributed by atoms with Crippen LogP contribution in [0.15, 0.2) is 0 Å². The highest BCUT2D eigenvalue weighted by molar-refractivity contribution is 5.13.